The van der Waals surface area contributed by atoms with Gasteiger partial charge in [0.25, 0.3) is 5.91 Å². The smallest absolute Gasteiger partial charge is 0.325 e. The van der Waals surface area contributed by atoms with Gasteiger partial charge in [0.05, 0.1) is 6.20 Å². The lowest BCUT2D eigenvalue weighted by Gasteiger charge is -2.26. The zero-order chi connectivity index (χ0) is 13.8. The van der Waals surface area contributed by atoms with Crippen LogP contribution in [0.15, 0.2) is 6.20 Å². The zero-order valence-electron chi connectivity index (χ0n) is 10.9. The van der Waals surface area contributed by atoms with Gasteiger partial charge in [-0.1, -0.05) is 18.1 Å². The minimum absolute atomic E-state index is 0.161. The van der Waals surface area contributed by atoms with E-state index in [1.54, 1.807) is 0 Å². The van der Waals surface area contributed by atoms with Gasteiger partial charge in [-0.05, 0) is 19.8 Å². The maximum atomic E-state index is 12.3. The van der Waals surface area contributed by atoms with Crippen molar-refractivity contribution < 1.29 is 14.7 Å². The molecule has 1 atom stereocenters. The fourth-order valence-electron chi connectivity index (χ4n) is 2.34. The average molecular weight is 266 g/mol. The summed E-state index contributed by atoms with van der Waals surface area (Å²) in [6.45, 7) is 2.48. The van der Waals surface area contributed by atoms with E-state index in [9.17, 15) is 9.59 Å². The Morgan fingerprint density at radius 3 is 2.95 bits per heavy atom. The Labute approximate surface area is 111 Å². The van der Waals surface area contributed by atoms with Crippen LogP contribution in [0.25, 0.3) is 0 Å². The van der Waals surface area contributed by atoms with E-state index in [1.807, 2.05) is 11.8 Å². The largest absolute Gasteiger partial charge is 0.480 e. The number of hydrogen-bond acceptors (Lipinski definition) is 4. The molecule has 1 aromatic rings. The molecule has 19 heavy (non-hydrogen) atoms. The number of aromatic nitrogens is 3. The molecule has 104 valence electrons. The molecule has 0 aromatic carbocycles. The number of carbonyl (C=O) groups is 2. The summed E-state index contributed by atoms with van der Waals surface area (Å²) in [4.78, 5) is 24.7. The lowest BCUT2D eigenvalue weighted by Crippen LogP contribution is -2.38. The van der Waals surface area contributed by atoms with Gasteiger partial charge in [-0.3, -0.25) is 9.59 Å². The summed E-state index contributed by atoms with van der Waals surface area (Å²) in [6, 6.07) is 0.194. The first-order chi connectivity index (χ1) is 9.08. The highest BCUT2D eigenvalue weighted by Crippen LogP contribution is 2.18. The zero-order valence-corrected chi connectivity index (χ0v) is 10.9. The monoisotopic (exact) mass is 266 g/mol. The topological polar surface area (TPSA) is 88.3 Å². The minimum Gasteiger partial charge on any atom is -0.480 e. The summed E-state index contributed by atoms with van der Waals surface area (Å²) < 4.78 is 1.16. The Balaban J connectivity index is 2.09. The molecule has 1 amide bonds. The van der Waals surface area contributed by atoms with E-state index in [0.717, 1.165) is 36.9 Å². The van der Waals surface area contributed by atoms with E-state index in [-0.39, 0.29) is 24.2 Å². The molecule has 0 saturated carbocycles. The van der Waals surface area contributed by atoms with Gasteiger partial charge in [0.1, 0.15) is 6.54 Å². The maximum absolute atomic E-state index is 12.3. The van der Waals surface area contributed by atoms with E-state index >= 15 is 0 Å². The quantitative estimate of drug-likeness (QED) is 0.872. The minimum atomic E-state index is -1.01. The van der Waals surface area contributed by atoms with Gasteiger partial charge in [-0.25, -0.2) is 4.68 Å². The average Bonchev–Trinajstić information content (AvgIpc) is 2.69. The fraction of sp³-hybridized carbons (Fsp3) is 0.667. The molecule has 1 aliphatic rings. The molecule has 0 aliphatic carbocycles. The van der Waals surface area contributed by atoms with Gasteiger partial charge in [0, 0.05) is 12.6 Å². The fourth-order valence-corrected chi connectivity index (χ4v) is 2.34. The SMILES string of the molecule is CC1CCCCCN1C(=O)c1cn(CC(=O)O)nn1. The number of carboxylic acids is 1. The number of likely N-dealkylation sites (tertiary alicyclic amines) is 1. The molecule has 1 aromatic heterocycles. The summed E-state index contributed by atoms with van der Waals surface area (Å²) in [5.41, 5.74) is 0.218. The number of hydrogen-bond donors (Lipinski definition) is 1. The van der Waals surface area contributed by atoms with Crippen LogP contribution in [-0.4, -0.2) is 49.5 Å². The second kappa shape index (κ2) is 5.81. The number of rotatable bonds is 3. The number of nitrogens with zero attached hydrogens (tertiary/aromatic N) is 4. The molecule has 2 rings (SSSR count). The van der Waals surface area contributed by atoms with E-state index in [0.29, 0.717) is 0 Å². The van der Waals surface area contributed by atoms with Crippen LogP contribution in [0.1, 0.15) is 43.1 Å². The molecule has 7 heteroatoms. The van der Waals surface area contributed by atoms with Gasteiger partial charge in [0.15, 0.2) is 5.69 Å². The first-order valence-electron chi connectivity index (χ1n) is 6.51. The van der Waals surface area contributed by atoms with Crippen LogP contribution in [0.5, 0.6) is 0 Å². The highest BCUT2D eigenvalue weighted by atomic mass is 16.4. The van der Waals surface area contributed by atoms with Crippen LogP contribution < -0.4 is 0 Å². The Kier molecular flexibility index (Phi) is 4.13. The normalized spacial score (nSPS) is 20.1. The molecule has 7 nitrogen and oxygen atoms in total. The predicted molar refractivity (Wildman–Crippen MR) is 66.6 cm³/mol. The van der Waals surface area contributed by atoms with Gasteiger partial charge in [-0.2, -0.15) is 0 Å². The molecule has 1 saturated heterocycles. The summed E-state index contributed by atoms with van der Waals surface area (Å²) >= 11 is 0. The summed E-state index contributed by atoms with van der Waals surface area (Å²) in [7, 11) is 0. The van der Waals surface area contributed by atoms with Crippen molar-refractivity contribution >= 4 is 11.9 Å². The lowest BCUT2D eigenvalue weighted by atomic mass is 10.1. The van der Waals surface area contributed by atoms with Crippen molar-refractivity contribution in [3.63, 3.8) is 0 Å². The Morgan fingerprint density at radius 1 is 1.42 bits per heavy atom. The lowest BCUT2D eigenvalue weighted by molar-refractivity contribution is -0.137. The van der Waals surface area contributed by atoms with E-state index < -0.39 is 5.97 Å². The van der Waals surface area contributed by atoms with Crippen LogP contribution in [0, 0.1) is 0 Å². The first-order valence-corrected chi connectivity index (χ1v) is 6.51. The third-order valence-electron chi connectivity index (χ3n) is 3.37. The molecule has 2 heterocycles. The van der Waals surface area contributed by atoms with E-state index in [1.165, 1.54) is 6.20 Å². The van der Waals surface area contributed by atoms with Crippen molar-refractivity contribution in [3.05, 3.63) is 11.9 Å². The maximum Gasteiger partial charge on any atom is 0.325 e. The highest BCUT2D eigenvalue weighted by molar-refractivity contribution is 5.92. The summed E-state index contributed by atoms with van der Waals surface area (Å²) in [6.07, 6.45) is 5.67. The van der Waals surface area contributed by atoms with Gasteiger partial charge >= 0.3 is 5.97 Å². The van der Waals surface area contributed by atoms with Crippen molar-refractivity contribution in [1.29, 1.82) is 0 Å². The van der Waals surface area contributed by atoms with Gasteiger partial charge in [0.2, 0.25) is 0 Å². The third-order valence-corrected chi connectivity index (χ3v) is 3.37. The second-order valence-electron chi connectivity index (χ2n) is 4.89. The van der Waals surface area contributed by atoms with E-state index in [2.05, 4.69) is 10.3 Å². The van der Waals surface area contributed by atoms with Gasteiger partial charge in [-0.15, -0.1) is 5.10 Å². The molecule has 0 bridgehead atoms. The van der Waals surface area contributed by atoms with E-state index in [4.69, 9.17) is 5.11 Å². The Bertz CT molecular complexity index is 471. The Morgan fingerprint density at radius 2 is 2.21 bits per heavy atom. The molecular formula is C12H18N4O3. The van der Waals surface area contributed by atoms with Crippen molar-refractivity contribution in [2.45, 2.75) is 45.2 Å². The predicted octanol–water partition coefficient (Wildman–Crippen LogP) is 0.767. The van der Waals surface area contributed by atoms with Crippen LogP contribution in [-0.2, 0) is 11.3 Å². The molecular weight excluding hydrogens is 248 g/mol. The molecule has 0 spiro atoms. The van der Waals surface area contributed by atoms with Crippen molar-refractivity contribution in [2.24, 2.45) is 0 Å². The molecule has 1 N–H and O–H groups in total. The molecule has 1 fully saturated rings. The van der Waals surface area contributed by atoms with Crippen molar-refractivity contribution in [2.75, 3.05) is 6.54 Å². The summed E-state index contributed by atoms with van der Waals surface area (Å²) in [5, 5.41) is 16.1. The van der Waals surface area contributed by atoms with Crippen LogP contribution >= 0.6 is 0 Å². The second-order valence-corrected chi connectivity index (χ2v) is 4.89. The van der Waals surface area contributed by atoms with Crippen LogP contribution in [0.4, 0.5) is 0 Å². The number of carboxylic acid groups (broad SMARTS) is 1. The number of carbonyl (C=O) groups excluding carboxylic acids is 1. The number of aliphatic carboxylic acids is 1. The van der Waals surface area contributed by atoms with Crippen LogP contribution in [0.2, 0.25) is 0 Å². The highest BCUT2D eigenvalue weighted by Gasteiger charge is 2.25. The van der Waals surface area contributed by atoms with Crippen molar-refractivity contribution in [3.8, 4) is 0 Å². The van der Waals surface area contributed by atoms with Crippen molar-refractivity contribution in [1.82, 2.24) is 19.9 Å². The summed E-state index contributed by atoms with van der Waals surface area (Å²) in [5.74, 6) is -1.17. The van der Waals surface area contributed by atoms with Gasteiger partial charge < -0.3 is 10.0 Å². The molecule has 1 unspecified atom stereocenters. The Hall–Kier alpha value is -1.92. The first kappa shape index (κ1) is 13.5. The standard InChI is InChI=1S/C12H18N4O3/c1-9-5-3-2-4-6-16(9)12(19)10-7-15(14-13-10)8-11(17)18/h7,9H,2-6,8H2,1H3,(H,17,18). The third kappa shape index (κ3) is 3.30. The number of amides is 1. The molecule has 1 aliphatic heterocycles. The molecule has 0 radical (unpaired) electrons. The van der Waals surface area contributed by atoms with Crippen LogP contribution in [0.3, 0.4) is 0 Å².